The fourth-order valence-corrected chi connectivity index (χ4v) is 4.80. The van der Waals surface area contributed by atoms with Crippen molar-refractivity contribution in [1.29, 1.82) is 0 Å². The number of nitrogens with one attached hydrogen (secondary N) is 1. The highest BCUT2D eigenvalue weighted by Gasteiger charge is 2.22. The first-order valence-corrected chi connectivity index (χ1v) is 14.6. The predicted octanol–water partition coefficient (Wildman–Crippen LogP) is 4.16. The molecule has 10 nitrogen and oxygen atoms in total. The molecule has 1 N–H and O–H groups in total. The van der Waals surface area contributed by atoms with Gasteiger partial charge in [0.25, 0.3) is 0 Å². The molecule has 0 saturated carbocycles. The van der Waals surface area contributed by atoms with Crippen molar-refractivity contribution in [3.8, 4) is 5.75 Å². The molecule has 0 unspecified atom stereocenters. The standard InChI is InChI=1S/C31H32FN5O5S/c1-3-41-30(40)17-33-28(38)19-36(25-13-11-24(32)12-14-25)29(39)21-43-31-35-34-27(20-42-26-15-9-22(2)10-16-26)37(31)18-23-7-5-4-6-8-23/h4-16H,3,17-21H2,1-2H3,(H,33,38). The number of carbonyl (C=O) groups excluding carboxylic acids is 3. The van der Waals surface area contributed by atoms with E-state index in [-0.39, 0.29) is 32.1 Å². The molecular formula is C31H32FN5O5S. The number of amides is 2. The Kier molecular flexibility index (Phi) is 11.3. The molecule has 0 aliphatic heterocycles. The van der Waals surface area contributed by atoms with Gasteiger partial charge in [0.05, 0.1) is 18.9 Å². The fourth-order valence-electron chi connectivity index (χ4n) is 3.97. The van der Waals surface area contributed by atoms with Crippen molar-refractivity contribution in [3.63, 3.8) is 0 Å². The van der Waals surface area contributed by atoms with Crippen LogP contribution in [0.5, 0.6) is 5.75 Å². The number of thioether (sulfide) groups is 1. The predicted molar refractivity (Wildman–Crippen MR) is 160 cm³/mol. The largest absolute Gasteiger partial charge is 0.486 e. The van der Waals surface area contributed by atoms with E-state index in [9.17, 15) is 18.8 Å². The van der Waals surface area contributed by atoms with E-state index in [2.05, 4.69) is 15.5 Å². The Morgan fingerprint density at radius 2 is 1.70 bits per heavy atom. The molecular weight excluding hydrogens is 573 g/mol. The van der Waals surface area contributed by atoms with E-state index in [0.717, 1.165) is 22.9 Å². The zero-order valence-electron chi connectivity index (χ0n) is 23.9. The third-order valence-electron chi connectivity index (χ3n) is 6.17. The van der Waals surface area contributed by atoms with Crippen LogP contribution >= 0.6 is 11.8 Å². The van der Waals surface area contributed by atoms with E-state index in [1.165, 1.54) is 29.2 Å². The minimum Gasteiger partial charge on any atom is -0.486 e. The third-order valence-corrected chi connectivity index (χ3v) is 7.12. The Labute approximate surface area is 253 Å². The number of nitrogens with zero attached hydrogens (tertiary/aromatic N) is 4. The molecule has 2 amide bonds. The van der Waals surface area contributed by atoms with Crippen molar-refractivity contribution >= 4 is 35.2 Å². The molecule has 1 heterocycles. The summed E-state index contributed by atoms with van der Waals surface area (Å²) < 4.78 is 26.3. The van der Waals surface area contributed by atoms with E-state index in [1.807, 2.05) is 66.1 Å². The molecule has 0 atom stereocenters. The summed E-state index contributed by atoms with van der Waals surface area (Å²) in [7, 11) is 0. The van der Waals surface area contributed by atoms with Crippen LogP contribution in [-0.4, -0.2) is 58.0 Å². The quantitative estimate of drug-likeness (QED) is 0.168. The van der Waals surface area contributed by atoms with Crippen LogP contribution in [0.3, 0.4) is 0 Å². The average Bonchev–Trinajstić information content (AvgIpc) is 3.39. The van der Waals surface area contributed by atoms with Gasteiger partial charge in [-0.2, -0.15) is 0 Å². The van der Waals surface area contributed by atoms with Gasteiger partial charge in [0.15, 0.2) is 11.0 Å². The monoisotopic (exact) mass is 605 g/mol. The SMILES string of the molecule is CCOC(=O)CNC(=O)CN(C(=O)CSc1nnc(COc2ccc(C)cc2)n1Cc1ccccc1)c1ccc(F)cc1. The molecule has 1 aromatic heterocycles. The summed E-state index contributed by atoms with van der Waals surface area (Å²) in [6.45, 7) is 3.75. The third kappa shape index (κ3) is 9.40. The van der Waals surface area contributed by atoms with E-state index >= 15 is 0 Å². The summed E-state index contributed by atoms with van der Waals surface area (Å²) in [5.74, 6) is -0.881. The Hall–Kier alpha value is -4.71. The fraction of sp³-hybridized carbons (Fsp3) is 0.258. The average molecular weight is 606 g/mol. The molecule has 0 bridgehead atoms. The number of halogens is 1. The van der Waals surface area contributed by atoms with Gasteiger partial charge in [-0.3, -0.25) is 19.0 Å². The van der Waals surface area contributed by atoms with E-state index in [0.29, 0.717) is 29.0 Å². The topological polar surface area (TPSA) is 116 Å². The zero-order chi connectivity index (χ0) is 30.6. The second-order valence-electron chi connectivity index (χ2n) is 9.40. The molecule has 0 saturated heterocycles. The number of ether oxygens (including phenoxy) is 2. The molecule has 43 heavy (non-hydrogen) atoms. The van der Waals surface area contributed by atoms with E-state index in [4.69, 9.17) is 9.47 Å². The lowest BCUT2D eigenvalue weighted by molar-refractivity contribution is -0.143. The van der Waals surface area contributed by atoms with E-state index < -0.39 is 23.6 Å². The number of anilines is 1. The van der Waals surface area contributed by atoms with Gasteiger partial charge in [0.2, 0.25) is 11.8 Å². The number of carbonyl (C=O) groups is 3. The summed E-state index contributed by atoms with van der Waals surface area (Å²) in [5.41, 5.74) is 2.46. The summed E-state index contributed by atoms with van der Waals surface area (Å²) in [4.78, 5) is 38.9. The highest BCUT2D eigenvalue weighted by atomic mass is 32.2. The minimum atomic E-state index is -0.592. The highest BCUT2D eigenvalue weighted by Crippen LogP contribution is 2.23. The summed E-state index contributed by atoms with van der Waals surface area (Å²) >= 11 is 1.16. The molecule has 0 spiro atoms. The maximum atomic E-state index is 13.6. The van der Waals surface area contributed by atoms with Crippen LogP contribution in [-0.2, 0) is 32.3 Å². The second kappa shape index (κ2) is 15.5. The van der Waals surface area contributed by atoms with Gasteiger partial charge in [-0.25, -0.2) is 4.39 Å². The smallest absolute Gasteiger partial charge is 0.325 e. The van der Waals surface area contributed by atoms with Crippen LogP contribution in [0.1, 0.15) is 23.9 Å². The number of rotatable bonds is 14. The van der Waals surface area contributed by atoms with Crippen LogP contribution in [0.4, 0.5) is 10.1 Å². The van der Waals surface area contributed by atoms with Gasteiger partial charge < -0.3 is 19.7 Å². The van der Waals surface area contributed by atoms with Crippen molar-refractivity contribution in [3.05, 3.63) is 102 Å². The van der Waals surface area contributed by atoms with Gasteiger partial charge in [-0.15, -0.1) is 10.2 Å². The minimum absolute atomic E-state index is 0.0890. The molecule has 0 aliphatic carbocycles. The Balaban J connectivity index is 1.49. The normalized spacial score (nSPS) is 10.7. The van der Waals surface area contributed by atoms with Crippen LogP contribution in [0, 0.1) is 12.7 Å². The lowest BCUT2D eigenvalue weighted by atomic mass is 10.2. The first-order valence-electron chi connectivity index (χ1n) is 13.6. The van der Waals surface area contributed by atoms with E-state index in [1.54, 1.807) is 6.92 Å². The highest BCUT2D eigenvalue weighted by molar-refractivity contribution is 7.99. The number of esters is 1. The molecule has 4 aromatic rings. The van der Waals surface area contributed by atoms with Crippen molar-refractivity contribution in [2.45, 2.75) is 32.2 Å². The molecule has 0 aliphatic rings. The van der Waals surface area contributed by atoms with Gasteiger partial charge in [0, 0.05) is 5.69 Å². The Bertz CT molecular complexity index is 1510. The van der Waals surface area contributed by atoms with Crippen LogP contribution in [0.25, 0.3) is 0 Å². The molecule has 3 aromatic carbocycles. The number of hydrogen-bond donors (Lipinski definition) is 1. The summed E-state index contributed by atoms with van der Waals surface area (Å²) in [6.07, 6.45) is 0. The molecule has 4 rings (SSSR count). The molecule has 0 radical (unpaired) electrons. The van der Waals surface area contributed by atoms with Crippen LogP contribution in [0.2, 0.25) is 0 Å². The van der Waals surface area contributed by atoms with Crippen molar-refractivity contribution in [2.75, 3.05) is 30.3 Å². The Morgan fingerprint density at radius 1 is 0.977 bits per heavy atom. The Morgan fingerprint density at radius 3 is 2.40 bits per heavy atom. The lowest BCUT2D eigenvalue weighted by Gasteiger charge is -2.22. The maximum Gasteiger partial charge on any atom is 0.325 e. The summed E-state index contributed by atoms with van der Waals surface area (Å²) in [6, 6.07) is 22.7. The lowest BCUT2D eigenvalue weighted by Crippen LogP contribution is -2.43. The van der Waals surface area contributed by atoms with Crippen molar-refractivity contribution < 1.29 is 28.2 Å². The first-order chi connectivity index (χ1) is 20.8. The van der Waals surface area contributed by atoms with Crippen LogP contribution in [0.15, 0.2) is 84.0 Å². The zero-order valence-corrected chi connectivity index (χ0v) is 24.7. The number of aryl methyl sites for hydroxylation is 1. The van der Waals surface area contributed by atoms with Crippen LogP contribution < -0.4 is 15.0 Å². The van der Waals surface area contributed by atoms with Crippen molar-refractivity contribution in [2.24, 2.45) is 0 Å². The molecule has 224 valence electrons. The number of aromatic nitrogens is 3. The van der Waals surface area contributed by atoms with Gasteiger partial charge in [-0.05, 0) is 55.8 Å². The molecule has 0 fully saturated rings. The van der Waals surface area contributed by atoms with Gasteiger partial charge >= 0.3 is 5.97 Å². The molecule has 12 heteroatoms. The summed E-state index contributed by atoms with van der Waals surface area (Å²) in [5, 5.41) is 11.6. The van der Waals surface area contributed by atoms with Gasteiger partial charge in [-0.1, -0.05) is 59.8 Å². The number of hydrogen-bond acceptors (Lipinski definition) is 8. The maximum absolute atomic E-state index is 13.6. The van der Waals surface area contributed by atoms with Gasteiger partial charge in [0.1, 0.15) is 31.3 Å². The first kappa shape index (κ1) is 31.2. The second-order valence-corrected chi connectivity index (χ2v) is 10.3. The number of benzene rings is 3. The van der Waals surface area contributed by atoms with Crippen molar-refractivity contribution in [1.82, 2.24) is 20.1 Å².